The van der Waals surface area contributed by atoms with Crippen LogP contribution >= 0.6 is 22.9 Å². The van der Waals surface area contributed by atoms with Crippen LogP contribution in [0.25, 0.3) is 0 Å². The highest BCUT2D eigenvalue weighted by Crippen LogP contribution is 2.14. The molecule has 0 saturated heterocycles. The predicted octanol–water partition coefficient (Wildman–Crippen LogP) is 2.59. The van der Waals surface area contributed by atoms with Crippen molar-refractivity contribution >= 4 is 28.8 Å². The van der Waals surface area contributed by atoms with Crippen molar-refractivity contribution in [2.45, 2.75) is 19.9 Å². The second-order valence-corrected chi connectivity index (χ2v) is 5.26. The third-order valence-electron chi connectivity index (χ3n) is 2.49. The van der Waals surface area contributed by atoms with Crippen LogP contribution in [0.4, 0.5) is 0 Å². The minimum Gasteiger partial charge on any atom is -0.350 e. The number of carbonyl (C=O) groups excluding carboxylic acids is 1. The molecule has 0 aliphatic carbocycles. The van der Waals surface area contributed by atoms with E-state index < -0.39 is 0 Å². The lowest BCUT2D eigenvalue weighted by molar-refractivity contribution is 0.0952. The van der Waals surface area contributed by atoms with Gasteiger partial charge in [0.05, 0.1) is 23.3 Å². The SMILES string of the molecule is CCc1cc(C(=O)NCCn2cc(Cl)cn2)cs1. The van der Waals surface area contributed by atoms with Gasteiger partial charge in [0.25, 0.3) is 5.91 Å². The summed E-state index contributed by atoms with van der Waals surface area (Å²) in [6, 6.07) is 1.94. The lowest BCUT2D eigenvalue weighted by Crippen LogP contribution is -2.26. The smallest absolute Gasteiger partial charge is 0.252 e. The second-order valence-electron chi connectivity index (χ2n) is 3.83. The van der Waals surface area contributed by atoms with Gasteiger partial charge in [0.1, 0.15) is 0 Å². The first-order chi connectivity index (χ1) is 8.69. The van der Waals surface area contributed by atoms with Crippen LogP contribution in [0.1, 0.15) is 22.2 Å². The third kappa shape index (κ3) is 3.34. The fraction of sp³-hybridized carbons (Fsp3) is 0.333. The van der Waals surface area contributed by atoms with Crippen molar-refractivity contribution in [2.24, 2.45) is 0 Å². The lowest BCUT2D eigenvalue weighted by atomic mass is 10.2. The zero-order valence-corrected chi connectivity index (χ0v) is 11.6. The first-order valence-electron chi connectivity index (χ1n) is 5.72. The van der Waals surface area contributed by atoms with Gasteiger partial charge in [0.2, 0.25) is 0 Å². The molecule has 0 aliphatic rings. The highest BCUT2D eigenvalue weighted by molar-refractivity contribution is 7.10. The molecule has 1 amide bonds. The van der Waals surface area contributed by atoms with E-state index in [1.165, 1.54) is 4.88 Å². The Balaban J connectivity index is 1.81. The molecule has 96 valence electrons. The average Bonchev–Trinajstić information content (AvgIpc) is 2.98. The van der Waals surface area contributed by atoms with Crippen molar-refractivity contribution < 1.29 is 4.79 Å². The van der Waals surface area contributed by atoms with E-state index in [0.717, 1.165) is 12.0 Å². The zero-order valence-electron chi connectivity index (χ0n) is 10.0. The summed E-state index contributed by atoms with van der Waals surface area (Å²) in [6.45, 7) is 3.23. The second kappa shape index (κ2) is 6.02. The molecule has 0 bridgehead atoms. The van der Waals surface area contributed by atoms with Gasteiger partial charge in [-0.3, -0.25) is 9.48 Å². The molecule has 0 aromatic carbocycles. The predicted molar refractivity (Wildman–Crippen MR) is 73.3 cm³/mol. The molecule has 0 radical (unpaired) electrons. The Morgan fingerprint density at radius 1 is 1.61 bits per heavy atom. The van der Waals surface area contributed by atoms with Crippen molar-refractivity contribution in [3.05, 3.63) is 39.3 Å². The first kappa shape index (κ1) is 13.1. The standard InChI is InChI=1S/C12H14ClN3OS/c1-2-11-5-9(8-18-11)12(17)14-3-4-16-7-10(13)6-15-16/h5-8H,2-4H2,1H3,(H,14,17). The highest BCUT2D eigenvalue weighted by atomic mass is 35.5. The van der Waals surface area contributed by atoms with E-state index in [-0.39, 0.29) is 5.91 Å². The number of amides is 1. The number of halogens is 1. The van der Waals surface area contributed by atoms with Crippen LogP contribution in [0.15, 0.2) is 23.8 Å². The molecular formula is C12H14ClN3OS. The summed E-state index contributed by atoms with van der Waals surface area (Å²) < 4.78 is 1.70. The Hall–Kier alpha value is -1.33. The topological polar surface area (TPSA) is 46.9 Å². The molecule has 0 saturated carbocycles. The number of aromatic nitrogens is 2. The molecule has 2 aromatic heterocycles. The fourth-order valence-electron chi connectivity index (χ4n) is 1.53. The lowest BCUT2D eigenvalue weighted by Gasteiger charge is -2.03. The van der Waals surface area contributed by atoms with E-state index in [1.54, 1.807) is 28.4 Å². The molecule has 6 heteroatoms. The molecule has 2 rings (SSSR count). The zero-order chi connectivity index (χ0) is 13.0. The molecule has 0 atom stereocenters. The van der Waals surface area contributed by atoms with Crippen molar-refractivity contribution in [3.63, 3.8) is 0 Å². The van der Waals surface area contributed by atoms with Crippen LogP contribution in [0, 0.1) is 0 Å². The van der Waals surface area contributed by atoms with E-state index in [9.17, 15) is 4.79 Å². The summed E-state index contributed by atoms with van der Waals surface area (Å²) >= 11 is 7.36. The first-order valence-corrected chi connectivity index (χ1v) is 6.98. The molecule has 0 unspecified atom stereocenters. The van der Waals surface area contributed by atoms with Crippen LogP contribution in [0.5, 0.6) is 0 Å². The van der Waals surface area contributed by atoms with E-state index >= 15 is 0 Å². The number of rotatable bonds is 5. The summed E-state index contributed by atoms with van der Waals surface area (Å²) in [5, 5.41) is 9.39. The summed E-state index contributed by atoms with van der Waals surface area (Å²) in [6.07, 6.45) is 4.27. The van der Waals surface area contributed by atoms with Gasteiger partial charge in [0, 0.05) is 23.0 Å². The fourth-order valence-corrected chi connectivity index (χ4v) is 2.50. The monoisotopic (exact) mass is 283 g/mol. The molecule has 0 fully saturated rings. The van der Waals surface area contributed by atoms with Gasteiger partial charge in [-0.1, -0.05) is 18.5 Å². The van der Waals surface area contributed by atoms with Gasteiger partial charge in [-0.15, -0.1) is 11.3 Å². The normalized spacial score (nSPS) is 10.6. The molecular weight excluding hydrogens is 270 g/mol. The van der Waals surface area contributed by atoms with Crippen LogP contribution in [-0.4, -0.2) is 22.2 Å². The molecule has 2 aromatic rings. The van der Waals surface area contributed by atoms with Crippen LogP contribution in [0.2, 0.25) is 5.02 Å². The van der Waals surface area contributed by atoms with E-state index in [4.69, 9.17) is 11.6 Å². The Labute approximate surface area is 115 Å². The van der Waals surface area contributed by atoms with Crippen LogP contribution < -0.4 is 5.32 Å². The minimum absolute atomic E-state index is 0.0378. The van der Waals surface area contributed by atoms with Crippen LogP contribution in [-0.2, 0) is 13.0 Å². The van der Waals surface area contributed by atoms with Crippen LogP contribution in [0.3, 0.4) is 0 Å². The van der Waals surface area contributed by atoms with Gasteiger partial charge < -0.3 is 5.32 Å². The number of hydrogen-bond donors (Lipinski definition) is 1. The average molecular weight is 284 g/mol. The van der Waals surface area contributed by atoms with Gasteiger partial charge in [-0.25, -0.2) is 0 Å². The van der Waals surface area contributed by atoms with E-state index in [0.29, 0.717) is 18.1 Å². The molecule has 1 N–H and O–H groups in total. The summed E-state index contributed by atoms with van der Waals surface area (Å²) in [5.41, 5.74) is 0.732. The van der Waals surface area contributed by atoms with E-state index in [2.05, 4.69) is 17.3 Å². The van der Waals surface area contributed by atoms with Crippen molar-refractivity contribution in [3.8, 4) is 0 Å². The minimum atomic E-state index is -0.0378. The van der Waals surface area contributed by atoms with Gasteiger partial charge in [-0.05, 0) is 12.5 Å². The number of carbonyl (C=O) groups is 1. The maximum Gasteiger partial charge on any atom is 0.252 e. The van der Waals surface area contributed by atoms with Crippen molar-refractivity contribution in [1.29, 1.82) is 0 Å². The number of hydrogen-bond acceptors (Lipinski definition) is 3. The molecule has 2 heterocycles. The third-order valence-corrected chi connectivity index (χ3v) is 3.77. The Bertz CT molecular complexity index is 535. The number of nitrogens with one attached hydrogen (secondary N) is 1. The number of thiophene rings is 1. The van der Waals surface area contributed by atoms with Crippen molar-refractivity contribution in [1.82, 2.24) is 15.1 Å². The van der Waals surface area contributed by atoms with Gasteiger partial charge in [0.15, 0.2) is 0 Å². The molecule has 0 aliphatic heterocycles. The van der Waals surface area contributed by atoms with Gasteiger partial charge >= 0.3 is 0 Å². The molecule has 4 nitrogen and oxygen atoms in total. The van der Waals surface area contributed by atoms with Gasteiger partial charge in [-0.2, -0.15) is 5.10 Å². The Morgan fingerprint density at radius 3 is 3.06 bits per heavy atom. The largest absolute Gasteiger partial charge is 0.350 e. The number of aryl methyl sites for hydroxylation is 1. The Morgan fingerprint density at radius 2 is 2.44 bits per heavy atom. The maximum atomic E-state index is 11.8. The summed E-state index contributed by atoms with van der Waals surface area (Å²) in [4.78, 5) is 13.0. The van der Waals surface area contributed by atoms with Crippen molar-refractivity contribution in [2.75, 3.05) is 6.54 Å². The molecule has 18 heavy (non-hydrogen) atoms. The summed E-state index contributed by atoms with van der Waals surface area (Å²) in [5.74, 6) is -0.0378. The molecule has 0 spiro atoms. The highest BCUT2D eigenvalue weighted by Gasteiger charge is 2.07. The maximum absolute atomic E-state index is 11.8. The number of nitrogens with zero attached hydrogens (tertiary/aromatic N) is 2. The quantitative estimate of drug-likeness (QED) is 0.917. The summed E-state index contributed by atoms with van der Waals surface area (Å²) in [7, 11) is 0. The van der Waals surface area contributed by atoms with E-state index in [1.807, 2.05) is 11.4 Å². The Kier molecular flexibility index (Phi) is 4.38.